The van der Waals surface area contributed by atoms with Crippen molar-refractivity contribution in [3.63, 3.8) is 0 Å². The van der Waals surface area contributed by atoms with Gasteiger partial charge in [-0.2, -0.15) is 0 Å². The maximum Gasteiger partial charge on any atom is 0.198 e. The fourth-order valence-electron chi connectivity index (χ4n) is 2.34. The van der Waals surface area contributed by atoms with E-state index in [2.05, 4.69) is 4.98 Å². The van der Waals surface area contributed by atoms with Gasteiger partial charge in [-0.1, -0.05) is 24.3 Å². The van der Waals surface area contributed by atoms with Gasteiger partial charge in [0.15, 0.2) is 5.78 Å². The summed E-state index contributed by atoms with van der Waals surface area (Å²) in [5.74, 6) is 0.512. The van der Waals surface area contributed by atoms with Gasteiger partial charge in [0.1, 0.15) is 5.75 Å². The molecule has 3 aromatic rings. The fourth-order valence-corrected chi connectivity index (χ4v) is 2.34. The van der Waals surface area contributed by atoms with E-state index in [1.807, 2.05) is 49.4 Å². The first-order valence-corrected chi connectivity index (χ1v) is 6.73. The number of benzene rings is 2. The molecule has 0 bridgehead atoms. The number of rotatable bonds is 3. The summed E-state index contributed by atoms with van der Waals surface area (Å²) in [5.41, 5.74) is 3.06. The van der Waals surface area contributed by atoms with E-state index in [0.717, 1.165) is 16.5 Å². The fraction of sp³-hybridized carbons (Fsp3) is 0.111. The van der Waals surface area contributed by atoms with E-state index in [1.54, 1.807) is 19.4 Å². The van der Waals surface area contributed by atoms with Gasteiger partial charge in [0.25, 0.3) is 0 Å². The van der Waals surface area contributed by atoms with Crippen LogP contribution in [0.2, 0.25) is 0 Å². The van der Waals surface area contributed by atoms with Crippen molar-refractivity contribution in [2.24, 2.45) is 0 Å². The zero-order chi connectivity index (χ0) is 14.8. The van der Waals surface area contributed by atoms with Crippen LogP contribution in [0.3, 0.4) is 0 Å². The molecule has 0 aliphatic rings. The van der Waals surface area contributed by atoms with Gasteiger partial charge in [-0.3, -0.25) is 9.78 Å². The number of nitrogens with zero attached hydrogens (tertiary/aromatic N) is 1. The summed E-state index contributed by atoms with van der Waals surface area (Å²) in [6.07, 6.45) is 1.62. The van der Waals surface area contributed by atoms with E-state index in [4.69, 9.17) is 4.74 Å². The summed E-state index contributed by atoms with van der Waals surface area (Å²) in [6.45, 7) is 1.97. The lowest BCUT2D eigenvalue weighted by atomic mass is 10.0. The molecule has 0 radical (unpaired) electrons. The normalized spacial score (nSPS) is 10.6. The Labute approximate surface area is 123 Å². The topological polar surface area (TPSA) is 39.2 Å². The number of ketones is 1. The molecule has 3 rings (SSSR count). The Morgan fingerprint density at radius 3 is 2.71 bits per heavy atom. The lowest BCUT2D eigenvalue weighted by Gasteiger charge is -2.09. The van der Waals surface area contributed by atoms with Crippen LogP contribution in [0.15, 0.2) is 54.7 Å². The highest BCUT2D eigenvalue weighted by Gasteiger charge is 2.15. The smallest absolute Gasteiger partial charge is 0.198 e. The minimum atomic E-state index is -0.0786. The molecule has 0 fully saturated rings. The number of aryl methyl sites for hydroxylation is 1. The predicted octanol–water partition coefficient (Wildman–Crippen LogP) is 3.78. The molecule has 21 heavy (non-hydrogen) atoms. The standard InChI is InChI=1S/C18H15NO2/c1-12-7-8-15(17(9-12)21-2)18(20)14-10-13-5-3-4-6-16(13)19-11-14/h3-11H,1-2H3. The van der Waals surface area contributed by atoms with Crippen molar-refractivity contribution in [3.05, 3.63) is 71.4 Å². The van der Waals surface area contributed by atoms with E-state index in [0.29, 0.717) is 16.9 Å². The molecule has 0 amide bonds. The van der Waals surface area contributed by atoms with Crippen LogP contribution in [-0.2, 0) is 0 Å². The minimum Gasteiger partial charge on any atom is -0.496 e. The largest absolute Gasteiger partial charge is 0.496 e. The first kappa shape index (κ1) is 13.3. The summed E-state index contributed by atoms with van der Waals surface area (Å²) in [4.78, 5) is 17.0. The lowest BCUT2D eigenvalue weighted by molar-refractivity contribution is 0.103. The van der Waals surface area contributed by atoms with Crippen molar-refractivity contribution in [3.8, 4) is 5.75 Å². The maximum atomic E-state index is 12.7. The summed E-state index contributed by atoms with van der Waals surface area (Å²) in [7, 11) is 1.57. The molecule has 1 aromatic heterocycles. The Morgan fingerprint density at radius 1 is 1.10 bits per heavy atom. The highest BCUT2D eigenvalue weighted by Crippen LogP contribution is 2.24. The SMILES string of the molecule is COc1cc(C)ccc1C(=O)c1cnc2ccccc2c1. The highest BCUT2D eigenvalue weighted by molar-refractivity contribution is 6.11. The lowest BCUT2D eigenvalue weighted by Crippen LogP contribution is -2.05. The number of carbonyl (C=O) groups excluding carboxylic acids is 1. The third-order valence-corrected chi connectivity index (χ3v) is 3.45. The quantitative estimate of drug-likeness (QED) is 0.684. The first-order chi connectivity index (χ1) is 10.2. The zero-order valence-corrected chi connectivity index (χ0v) is 12.0. The van der Waals surface area contributed by atoms with Crippen LogP contribution < -0.4 is 4.74 Å². The molecule has 0 unspecified atom stereocenters. The number of ether oxygens (including phenoxy) is 1. The van der Waals surface area contributed by atoms with Crippen LogP contribution in [0, 0.1) is 6.92 Å². The number of fused-ring (bicyclic) bond motifs is 1. The Hall–Kier alpha value is -2.68. The van der Waals surface area contributed by atoms with E-state index >= 15 is 0 Å². The van der Waals surface area contributed by atoms with Crippen LogP contribution >= 0.6 is 0 Å². The third kappa shape index (κ3) is 2.50. The van der Waals surface area contributed by atoms with Gasteiger partial charge in [0.05, 0.1) is 18.2 Å². The molecule has 0 aliphatic carbocycles. The molecule has 0 atom stereocenters. The Balaban J connectivity index is 2.08. The Bertz CT molecular complexity index is 824. The molecular weight excluding hydrogens is 262 g/mol. The number of para-hydroxylation sites is 1. The number of hydrogen-bond donors (Lipinski definition) is 0. The zero-order valence-electron chi connectivity index (χ0n) is 12.0. The maximum absolute atomic E-state index is 12.7. The molecule has 104 valence electrons. The number of carbonyl (C=O) groups is 1. The number of aromatic nitrogens is 1. The van der Waals surface area contributed by atoms with Crippen LogP contribution in [0.5, 0.6) is 5.75 Å². The van der Waals surface area contributed by atoms with Crippen molar-refractivity contribution in [2.45, 2.75) is 6.92 Å². The monoisotopic (exact) mass is 277 g/mol. The third-order valence-electron chi connectivity index (χ3n) is 3.45. The number of pyridine rings is 1. The number of hydrogen-bond acceptors (Lipinski definition) is 3. The van der Waals surface area contributed by atoms with Gasteiger partial charge in [-0.05, 0) is 36.8 Å². The first-order valence-electron chi connectivity index (χ1n) is 6.73. The van der Waals surface area contributed by atoms with E-state index in [1.165, 1.54) is 0 Å². The average molecular weight is 277 g/mol. The second kappa shape index (κ2) is 5.37. The van der Waals surface area contributed by atoms with Crippen LogP contribution in [0.1, 0.15) is 21.5 Å². The second-order valence-corrected chi connectivity index (χ2v) is 4.95. The molecule has 3 nitrogen and oxygen atoms in total. The van der Waals surface area contributed by atoms with Crippen molar-refractivity contribution in [1.82, 2.24) is 4.98 Å². The summed E-state index contributed by atoms with van der Waals surface area (Å²) < 4.78 is 5.32. The molecule has 0 spiro atoms. The molecule has 0 aliphatic heterocycles. The minimum absolute atomic E-state index is 0.0786. The van der Waals surface area contributed by atoms with Crippen LogP contribution in [-0.4, -0.2) is 17.9 Å². The molecular formula is C18H15NO2. The second-order valence-electron chi connectivity index (χ2n) is 4.95. The average Bonchev–Trinajstić information content (AvgIpc) is 2.53. The Kier molecular flexibility index (Phi) is 3.40. The summed E-state index contributed by atoms with van der Waals surface area (Å²) in [6, 6.07) is 15.2. The van der Waals surface area contributed by atoms with E-state index in [-0.39, 0.29) is 5.78 Å². The Morgan fingerprint density at radius 2 is 1.90 bits per heavy atom. The van der Waals surface area contributed by atoms with Crippen LogP contribution in [0.4, 0.5) is 0 Å². The summed E-state index contributed by atoms with van der Waals surface area (Å²) in [5, 5.41) is 0.953. The molecule has 2 aromatic carbocycles. The highest BCUT2D eigenvalue weighted by atomic mass is 16.5. The summed E-state index contributed by atoms with van der Waals surface area (Å²) >= 11 is 0. The molecule has 1 heterocycles. The predicted molar refractivity (Wildman–Crippen MR) is 82.9 cm³/mol. The molecule has 0 N–H and O–H groups in total. The van der Waals surface area contributed by atoms with Crippen LogP contribution in [0.25, 0.3) is 10.9 Å². The number of methoxy groups -OCH3 is 1. The van der Waals surface area contributed by atoms with Crippen molar-refractivity contribution >= 4 is 16.7 Å². The van der Waals surface area contributed by atoms with Crippen molar-refractivity contribution in [2.75, 3.05) is 7.11 Å². The van der Waals surface area contributed by atoms with Gasteiger partial charge >= 0.3 is 0 Å². The van der Waals surface area contributed by atoms with Gasteiger partial charge in [0.2, 0.25) is 0 Å². The molecule has 0 saturated heterocycles. The van der Waals surface area contributed by atoms with E-state index in [9.17, 15) is 4.79 Å². The van der Waals surface area contributed by atoms with Gasteiger partial charge < -0.3 is 4.74 Å². The van der Waals surface area contributed by atoms with Gasteiger partial charge in [0, 0.05) is 17.1 Å². The van der Waals surface area contributed by atoms with Gasteiger partial charge in [-0.15, -0.1) is 0 Å². The molecule has 3 heteroatoms. The van der Waals surface area contributed by atoms with Gasteiger partial charge in [-0.25, -0.2) is 0 Å². The van der Waals surface area contributed by atoms with Crippen molar-refractivity contribution in [1.29, 1.82) is 0 Å². The van der Waals surface area contributed by atoms with E-state index < -0.39 is 0 Å². The van der Waals surface area contributed by atoms with Crippen molar-refractivity contribution < 1.29 is 9.53 Å². The molecule has 0 saturated carbocycles.